The molecule has 0 bridgehead atoms. The van der Waals surface area contributed by atoms with E-state index in [9.17, 15) is 0 Å². The van der Waals surface area contributed by atoms with E-state index in [0.717, 1.165) is 18.2 Å². The second-order valence-electron chi connectivity index (χ2n) is 5.02. The van der Waals surface area contributed by atoms with Crippen molar-refractivity contribution in [1.82, 2.24) is 0 Å². The molecule has 2 N–H and O–H groups in total. The largest absolute Gasteiger partial charge is 0.369 e. The van der Waals surface area contributed by atoms with Gasteiger partial charge in [-0.15, -0.1) is 0 Å². The Labute approximate surface area is 115 Å². The van der Waals surface area contributed by atoms with Crippen molar-refractivity contribution in [3.63, 3.8) is 0 Å². The summed E-state index contributed by atoms with van der Waals surface area (Å²) in [6.07, 6.45) is 2.25. The van der Waals surface area contributed by atoms with E-state index in [0.29, 0.717) is 0 Å². The molecule has 1 heterocycles. The normalized spacial score (nSPS) is 20.2. The summed E-state index contributed by atoms with van der Waals surface area (Å²) in [6.45, 7) is 7.53. The Bertz CT molecular complexity index is 392. The molecule has 0 radical (unpaired) electrons. The Morgan fingerprint density at radius 3 is 3.00 bits per heavy atom. The molecule has 0 spiro atoms. The van der Waals surface area contributed by atoms with Gasteiger partial charge in [-0.1, -0.05) is 24.6 Å². The molecule has 1 unspecified atom stereocenters. The van der Waals surface area contributed by atoms with E-state index in [1.807, 2.05) is 0 Å². The van der Waals surface area contributed by atoms with Gasteiger partial charge in [-0.05, 0) is 37.9 Å². The van der Waals surface area contributed by atoms with Gasteiger partial charge in [-0.25, -0.2) is 0 Å². The lowest BCUT2D eigenvalue weighted by Crippen LogP contribution is -2.38. The van der Waals surface area contributed by atoms with Crippen LogP contribution in [0, 0.1) is 6.92 Å². The minimum Gasteiger partial charge on any atom is -0.369 e. The van der Waals surface area contributed by atoms with E-state index >= 15 is 0 Å². The van der Waals surface area contributed by atoms with Crippen molar-refractivity contribution in [2.75, 3.05) is 30.3 Å². The minimum absolute atomic E-state index is 0.732. The zero-order valence-corrected chi connectivity index (χ0v) is 12.3. The van der Waals surface area contributed by atoms with Crippen molar-refractivity contribution in [3.05, 3.63) is 29.3 Å². The molecule has 2 nitrogen and oxygen atoms in total. The van der Waals surface area contributed by atoms with Crippen molar-refractivity contribution in [2.24, 2.45) is 5.73 Å². The van der Waals surface area contributed by atoms with Crippen molar-refractivity contribution in [1.29, 1.82) is 0 Å². The Kier molecular flexibility index (Phi) is 4.95. The number of benzene rings is 1. The number of anilines is 1. The topological polar surface area (TPSA) is 29.3 Å². The highest BCUT2D eigenvalue weighted by atomic mass is 32.2. The van der Waals surface area contributed by atoms with E-state index < -0.39 is 0 Å². The molecule has 1 aromatic carbocycles. The van der Waals surface area contributed by atoms with Crippen LogP contribution in [0.15, 0.2) is 18.2 Å². The average Bonchev–Trinajstić information content (AvgIpc) is 2.39. The third-order valence-electron chi connectivity index (χ3n) is 3.58. The summed E-state index contributed by atoms with van der Waals surface area (Å²) in [5.74, 6) is 1.24. The van der Waals surface area contributed by atoms with Gasteiger partial charge in [0.05, 0.1) is 0 Å². The van der Waals surface area contributed by atoms with E-state index in [1.54, 1.807) is 0 Å². The highest BCUT2D eigenvalue weighted by Gasteiger charge is 2.20. The first-order valence-electron chi connectivity index (χ1n) is 6.90. The van der Waals surface area contributed by atoms with Crippen LogP contribution in [0.25, 0.3) is 0 Å². The number of nitrogens with zero attached hydrogens (tertiary/aromatic N) is 1. The minimum atomic E-state index is 0.732. The van der Waals surface area contributed by atoms with Crippen LogP contribution < -0.4 is 10.6 Å². The fraction of sp³-hybridized carbons (Fsp3) is 0.600. The number of thioether (sulfide) groups is 1. The number of aryl methyl sites for hydroxylation is 1. The van der Waals surface area contributed by atoms with Crippen molar-refractivity contribution < 1.29 is 0 Å². The van der Waals surface area contributed by atoms with Crippen LogP contribution in [0.1, 0.15) is 24.5 Å². The van der Waals surface area contributed by atoms with Crippen LogP contribution in [0.3, 0.4) is 0 Å². The standard InChI is InChI=1S/C15H24N2S/c1-3-14-11-17(8-9-18-14)15-5-4-12(2)10-13(15)6-7-16/h4-5,10,14H,3,6-9,11,16H2,1-2H3. The summed E-state index contributed by atoms with van der Waals surface area (Å²) in [5.41, 5.74) is 9.90. The summed E-state index contributed by atoms with van der Waals surface area (Å²) >= 11 is 2.12. The highest BCUT2D eigenvalue weighted by molar-refractivity contribution is 8.00. The lowest BCUT2D eigenvalue weighted by Gasteiger charge is -2.35. The fourth-order valence-electron chi connectivity index (χ4n) is 2.56. The molecule has 1 aliphatic rings. The molecule has 0 amide bonds. The first kappa shape index (κ1) is 13.8. The molecule has 0 saturated carbocycles. The van der Waals surface area contributed by atoms with Gasteiger partial charge in [0.1, 0.15) is 0 Å². The van der Waals surface area contributed by atoms with Gasteiger partial charge in [-0.3, -0.25) is 0 Å². The first-order chi connectivity index (χ1) is 8.74. The van der Waals surface area contributed by atoms with Gasteiger partial charge in [0, 0.05) is 29.8 Å². The molecular formula is C15H24N2S. The van der Waals surface area contributed by atoms with Crippen LogP contribution >= 0.6 is 11.8 Å². The summed E-state index contributed by atoms with van der Waals surface area (Å²) in [4.78, 5) is 2.55. The summed E-state index contributed by atoms with van der Waals surface area (Å²) in [6, 6.07) is 6.80. The Morgan fingerprint density at radius 2 is 2.28 bits per heavy atom. The molecule has 1 fully saturated rings. The van der Waals surface area contributed by atoms with Crippen LogP contribution in [-0.2, 0) is 6.42 Å². The van der Waals surface area contributed by atoms with E-state index in [-0.39, 0.29) is 0 Å². The Morgan fingerprint density at radius 1 is 1.44 bits per heavy atom. The van der Waals surface area contributed by atoms with Crippen molar-refractivity contribution >= 4 is 17.4 Å². The van der Waals surface area contributed by atoms with Crippen LogP contribution in [0.5, 0.6) is 0 Å². The second kappa shape index (κ2) is 6.48. The maximum atomic E-state index is 5.74. The zero-order valence-electron chi connectivity index (χ0n) is 11.5. The summed E-state index contributed by atoms with van der Waals surface area (Å²) < 4.78 is 0. The third kappa shape index (κ3) is 3.21. The molecule has 2 rings (SSSR count). The van der Waals surface area contributed by atoms with Crippen LogP contribution in [-0.4, -0.2) is 30.6 Å². The average molecular weight is 264 g/mol. The molecule has 1 aliphatic heterocycles. The molecule has 1 aromatic rings. The number of hydrogen-bond acceptors (Lipinski definition) is 3. The van der Waals surface area contributed by atoms with Crippen molar-refractivity contribution in [3.8, 4) is 0 Å². The summed E-state index contributed by atoms with van der Waals surface area (Å²) in [5, 5.41) is 0.783. The van der Waals surface area contributed by atoms with Gasteiger partial charge in [0.25, 0.3) is 0 Å². The maximum Gasteiger partial charge on any atom is 0.0400 e. The monoisotopic (exact) mass is 264 g/mol. The van der Waals surface area contributed by atoms with Gasteiger partial charge in [-0.2, -0.15) is 11.8 Å². The quantitative estimate of drug-likeness (QED) is 0.907. The Hall–Kier alpha value is -0.670. The van der Waals surface area contributed by atoms with Gasteiger partial charge >= 0.3 is 0 Å². The van der Waals surface area contributed by atoms with E-state index in [4.69, 9.17) is 5.73 Å². The Balaban J connectivity index is 2.20. The lowest BCUT2D eigenvalue weighted by atomic mass is 10.0. The second-order valence-corrected chi connectivity index (χ2v) is 6.43. The van der Waals surface area contributed by atoms with E-state index in [2.05, 4.69) is 48.7 Å². The van der Waals surface area contributed by atoms with E-state index in [1.165, 1.54) is 42.1 Å². The molecule has 0 aliphatic carbocycles. The highest BCUT2D eigenvalue weighted by Crippen LogP contribution is 2.29. The van der Waals surface area contributed by atoms with Gasteiger partial charge in [0.2, 0.25) is 0 Å². The fourth-order valence-corrected chi connectivity index (χ4v) is 3.74. The number of hydrogen-bond donors (Lipinski definition) is 1. The molecule has 100 valence electrons. The molecule has 1 atom stereocenters. The predicted molar refractivity (Wildman–Crippen MR) is 82.7 cm³/mol. The van der Waals surface area contributed by atoms with Gasteiger partial charge in [0.15, 0.2) is 0 Å². The SMILES string of the molecule is CCC1CN(c2ccc(C)cc2CCN)CCS1. The van der Waals surface area contributed by atoms with Crippen LogP contribution in [0.4, 0.5) is 5.69 Å². The van der Waals surface area contributed by atoms with Crippen molar-refractivity contribution in [2.45, 2.75) is 31.9 Å². The smallest absolute Gasteiger partial charge is 0.0400 e. The molecule has 3 heteroatoms. The maximum absolute atomic E-state index is 5.74. The molecule has 0 aromatic heterocycles. The third-order valence-corrected chi connectivity index (χ3v) is 4.96. The lowest BCUT2D eigenvalue weighted by molar-refractivity contribution is 0.724. The molecule has 1 saturated heterocycles. The molecule has 18 heavy (non-hydrogen) atoms. The zero-order chi connectivity index (χ0) is 13.0. The van der Waals surface area contributed by atoms with Crippen LogP contribution in [0.2, 0.25) is 0 Å². The molecular weight excluding hydrogens is 240 g/mol. The predicted octanol–water partition coefficient (Wildman–Crippen LogP) is 2.83. The van der Waals surface area contributed by atoms with Gasteiger partial charge < -0.3 is 10.6 Å². The number of nitrogens with two attached hydrogens (primary N) is 1. The summed E-state index contributed by atoms with van der Waals surface area (Å²) in [7, 11) is 0. The first-order valence-corrected chi connectivity index (χ1v) is 7.95. The number of rotatable bonds is 4.